The molecule has 0 saturated carbocycles. The van der Waals surface area contributed by atoms with E-state index < -0.39 is 0 Å². The van der Waals surface area contributed by atoms with E-state index in [0.717, 1.165) is 43.1 Å². The van der Waals surface area contributed by atoms with Crippen LogP contribution in [-0.4, -0.2) is 30.4 Å². The Morgan fingerprint density at radius 2 is 1.85 bits per heavy atom. The third-order valence-corrected chi connectivity index (χ3v) is 5.70. The topological polar surface area (TPSA) is 23.6 Å². The summed E-state index contributed by atoms with van der Waals surface area (Å²) in [6.07, 6.45) is 4.74. The predicted octanol–water partition coefficient (Wildman–Crippen LogP) is 4.51. The number of carbonyl (C=O) groups is 1. The predicted molar refractivity (Wildman–Crippen MR) is 107 cm³/mol. The molecule has 1 saturated heterocycles. The fourth-order valence-corrected chi connectivity index (χ4v) is 4.34. The number of aryl methyl sites for hydroxylation is 1. The van der Waals surface area contributed by atoms with Crippen molar-refractivity contribution in [2.45, 2.75) is 39.2 Å². The van der Waals surface area contributed by atoms with E-state index in [1.807, 2.05) is 23.1 Å². The lowest BCUT2D eigenvalue weighted by molar-refractivity contribution is 0.0985. The standard InChI is InChI=1S/C23H28N2O/c1-18-6-4-14-24(16-18)17-19-10-12-21(13-11-19)23(26)25-15-5-8-20-7-2-3-9-22(20)25/h2-3,7,9-13,18H,4-6,8,14-17H2,1H3/t18-/m0/s1. The number of benzene rings is 2. The van der Waals surface area contributed by atoms with E-state index in [4.69, 9.17) is 0 Å². The molecule has 0 N–H and O–H groups in total. The lowest BCUT2D eigenvalue weighted by Gasteiger charge is -2.31. The molecule has 0 unspecified atom stereocenters. The van der Waals surface area contributed by atoms with Gasteiger partial charge in [-0.05, 0) is 67.5 Å². The summed E-state index contributed by atoms with van der Waals surface area (Å²) in [7, 11) is 0. The van der Waals surface area contributed by atoms with E-state index in [2.05, 4.69) is 42.2 Å². The van der Waals surface area contributed by atoms with Crippen LogP contribution in [0.1, 0.15) is 47.7 Å². The molecule has 0 radical (unpaired) electrons. The zero-order valence-corrected chi connectivity index (χ0v) is 15.7. The van der Waals surface area contributed by atoms with Crippen molar-refractivity contribution >= 4 is 11.6 Å². The van der Waals surface area contributed by atoms with Crippen LogP contribution in [0.25, 0.3) is 0 Å². The van der Waals surface area contributed by atoms with E-state index in [0.29, 0.717) is 0 Å². The van der Waals surface area contributed by atoms with Crippen molar-refractivity contribution in [3.05, 3.63) is 65.2 Å². The number of para-hydroxylation sites is 1. The average Bonchev–Trinajstić information content (AvgIpc) is 2.68. The van der Waals surface area contributed by atoms with E-state index in [-0.39, 0.29) is 5.91 Å². The van der Waals surface area contributed by atoms with Gasteiger partial charge in [0, 0.05) is 30.9 Å². The Morgan fingerprint density at radius 3 is 2.65 bits per heavy atom. The molecule has 136 valence electrons. The van der Waals surface area contributed by atoms with Crippen LogP contribution in [0, 0.1) is 5.92 Å². The number of nitrogens with zero attached hydrogens (tertiary/aromatic N) is 2. The largest absolute Gasteiger partial charge is 0.308 e. The van der Waals surface area contributed by atoms with E-state index >= 15 is 0 Å². The number of carbonyl (C=O) groups excluding carboxylic acids is 1. The van der Waals surface area contributed by atoms with Gasteiger partial charge in [0.25, 0.3) is 5.91 Å². The molecule has 1 fully saturated rings. The Bertz CT molecular complexity index is 768. The Balaban J connectivity index is 1.46. The summed E-state index contributed by atoms with van der Waals surface area (Å²) in [5.41, 5.74) is 4.45. The van der Waals surface area contributed by atoms with E-state index in [9.17, 15) is 4.79 Å². The molecular weight excluding hydrogens is 320 g/mol. The molecule has 2 aromatic rings. The Labute approximate surface area is 156 Å². The zero-order chi connectivity index (χ0) is 17.9. The van der Waals surface area contributed by atoms with Crippen LogP contribution in [0.5, 0.6) is 0 Å². The number of rotatable bonds is 3. The van der Waals surface area contributed by atoms with Crippen molar-refractivity contribution in [2.24, 2.45) is 5.92 Å². The second-order valence-electron chi connectivity index (χ2n) is 7.87. The molecule has 0 aromatic heterocycles. The highest BCUT2D eigenvalue weighted by Gasteiger charge is 2.23. The van der Waals surface area contributed by atoms with Gasteiger partial charge in [0.2, 0.25) is 0 Å². The van der Waals surface area contributed by atoms with Gasteiger partial charge in [-0.1, -0.05) is 37.3 Å². The molecule has 1 amide bonds. The highest BCUT2D eigenvalue weighted by Crippen LogP contribution is 2.28. The van der Waals surface area contributed by atoms with Crippen LogP contribution in [0.3, 0.4) is 0 Å². The molecule has 26 heavy (non-hydrogen) atoms. The van der Waals surface area contributed by atoms with Gasteiger partial charge < -0.3 is 4.90 Å². The van der Waals surface area contributed by atoms with Gasteiger partial charge in [-0.3, -0.25) is 9.69 Å². The fraction of sp³-hybridized carbons (Fsp3) is 0.435. The van der Waals surface area contributed by atoms with Gasteiger partial charge in [-0.15, -0.1) is 0 Å². The maximum atomic E-state index is 13.0. The third-order valence-electron chi connectivity index (χ3n) is 5.70. The Kier molecular flexibility index (Phi) is 5.07. The second-order valence-corrected chi connectivity index (χ2v) is 7.87. The van der Waals surface area contributed by atoms with Gasteiger partial charge in [0.1, 0.15) is 0 Å². The van der Waals surface area contributed by atoms with Gasteiger partial charge in [0.05, 0.1) is 0 Å². The lowest BCUT2D eigenvalue weighted by atomic mass is 9.99. The number of hydrogen-bond donors (Lipinski definition) is 0. The van der Waals surface area contributed by atoms with Crippen molar-refractivity contribution < 1.29 is 4.79 Å². The van der Waals surface area contributed by atoms with Crippen molar-refractivity contribution in [1.29, 1.82) is 0 Å². The minimum atomic E-state index is 0.121. The summed E-state index contributed by atoms with van der Waals surface area (Å²) in [6, 6.07) is 16.5. The number of fused-ring (bicyclic) bond motifs is 1. The molecule has 1 atom stereocenters. The fourth-order valence-electron chi connectivity index (χ4n) is 4.34. The maximum absolute atomic E-state index is 13.0. The first-order valence-corrected chi connectivity index (χ1v) is 9.92. The van der Waals surface area contributed by atoms with E-state index in [1.165, 1.54) is 37.1 Å². The van der Waals surface area contributed by atoms with E-state index in [1.54, 1.807) is 0 Å². The quantitative estimate of drug-likeness (QED) is 0.815. The van der Waals surface area contributed by atoms with Crippen molar-refractivity contribution in [3.63, 3.8) is 0 Å². The number of piperidine rings is 1. The van der Waals surface area contributed by atoms with Gasteiger partial charge in [-0.2, -0.15) is 0 Å². The minimum Gasteiger partial charge on any atom is -0.308 e. The lowest BCUT2D eigenvalue weighted by Crippen LogP contribution is -2.35. The molecular formula is C23H28N2O. The molecule has 4 rings (SSSR count). The Morgan fingerprint density at radius 1 is 1.04 bits per heavy atom. The van der Waals surface area contributed by atoms with Gasteiger partial charge in [0.15, 0.2) is 0 Å². The van der Waals surface area contributed by atoms with Crippen LogP contribution < -0.4 is 4.90 Å². The first kappa shape index (κ1) is 17.3. The third kappa shape index (κ3) is 3.68. The summed E-state index contributed by atoms with van der Waals surface area (Å²) in [6.45, 7) is 6.51. The molecule has 0 bridgehead atoms. The number of likely N-dealkylation sites (tertiary alicyclic amines) is 1. The highest BCUT2D eigenvalue weighted by molar-refractivity contribution is 6.06. The molecule has 2 aromatic carbocycles. The second kappa shape index (κ2) is 7.63. The van der Waals surface area contributed by atoms with Crippen molar-refractivity contribution in [2.75, 3.05) is 24.5 Å². The van der Waals surface area contributed by atoms with Crippen molar-refractivity contribution in [3.8, 4) is 0 Å². The number of amides is 1. The summed E-state index contributed by atoms with van der Waals surface area (Å²) < 4.78 is 0. The minimum absolute atomic E-state index is 0.121. The smallest absolute Gasteiger partial charge is 0.258 e. The van der Waals surface area contributed by atoms with Crippen LogP contribution >= 0.6 is 0 Å². The molecule has 2 aliphatic rings. The highest BCUT2D eigenvalue weighted by atomic mass is 16.2. The molecule has 0 spiro atoms. The summed E-state index contributed by atoms with van der Waals surface area (Å²) >= 11 is 0. The molecule has 0 aliphatic carbocycles. The Hall–Kier alpha value is -2.13. The average molecular weight is 348 g/mol. The van der Waals surface area contributed by atoms with Crippen LogP contribution in [0.2, 0.25) is 0 Å². The molecule has 3 heteroatoms. The first-order chi connectivity index (χ1) is 12.7. The van der Waals surface area contributed by atoms with Crippen molar-refractivity contribution in [1.82, 2.24) is 4.90 Å². The molecule has 3 nitrogen and oxygen atoms in total. The molecule has 2 aliphatic heterocycles. The SMILES string of the molecule is C[C@H]1CCCN(Cc2ccc(C(=O)N3CCCc4ccccc43)cc2)C1. The number of hydrogen-bond acceptors (Lipinski definition) is 2. The maximum Gasteiger partial charge on any atom is 0.258 e. The van der Waals surface area contributed by atoms with Crippen LogP contribution in [0.4, 0.5) is 5.69 Å². The van der Waals surface area contributed by atoms with Gasteiger partial charge >= 0.3 is 0 Å². The van der Waals surface area contributed by atoms with Gasteiger partial charge in [-0.25, -0.2) is 0 Å². The summed E-state index contributed by atoms with van der Waals surface area (Å²) in [5, 5.41) is 0. The monoisotopic (exact) mass is 348 g/mol. The number of anilines is 1. The normalized spacial score (nSPS) is 20.7. The summed E-state index contributed by atoms with van der Waals surface area (Å²) in [5.74, 6) is 0.916. The molecule has 2 heterocycles. The zero-order valence-electron chi connectivity index (χ0n) is 15.7. The summed E-state index contributed by atoms with van der Waals surface area (Å²) in [4.78, 5) is 17.5. The first-order valence-electron chi connectivity index (χ1n) is 9.92. The van der Waals surface area contributed by atoms with Crippen LogP contribution in [-0.2, 0) is 13.0 Å². The van der Waals surface area contributed by atoms with Crippen LogP contribution in [0.15, 0.2) is 48.5 Å².